The lowest BCUT2D eigenvalue weighted by Gasteiger charge is -2.39. The largest absolute Gasteiger partial charge is 0.483 e. The van der Waals surface area contributed by atoms with Gasteiger partial charge in [-0.2, -0.15) is 0 Å². The molecule has 9 nitrogen and oxygen atoms in total. The molecule has 2 aliphatic heterocycles. The standard InChI is InChI=1S/C23H23N3O6/c1-4-31-22(28)24-12-18-20(25-13-14-7-5-6-8-16(14)21(25)27)17-11-15(26(29)30)9-10-19(17)32-23(18,2)3/h5-11H,4,12-13H2,1-3H3,(H,24,28). The molecule has 32 heavy (non-hydrogen) atoms. The minimum absolute atomic E-state index is 0.0451. The molecule has 0 saturated carbocycles. The van der Waals surface area contributed by atoms with E-state index < -0.39 is 16.6 Å². The maximum absolute atomic E-state index is 13.3. The highest BCUT2D eigenvalue weighted by Crippen LogP contribution is 2.45. The van der Waals surface area contributed by atoms with E-state index in [-0.39, 0.29) is 24.7 Å². The van der Waals surface area contributed by atoms with Crippen LogP contribution in [0.2, 0.25) is 0 Å². The molecule has 0 spiro atoms. The first-order valence-corrected chi connectivity index (χ1v) is 10.2. The van der Waals surface area contributed by atoms with E-state index in [0.29, 0.717) is 34.7 Å². The maximum atomic E-state index is 13.3. The van der Waals surface area contributed by atoms with E-state index in [4.69, 9.17) is 9.47 Å². The van der Waals surface area contributed by atoms with Crippen LogP contribution in [0.25, 0.3) is 5.70 Å². The number of carbonyl (C=O) groups excluding carboxylic acids is 2. The van der Waals surface area contributed by atoms with Crippen molar-refractivity contribution in [3.8, 4) is 5.75 Å². The zero-order valence-corrected chi connectivity index (χ0v) is 18.0. The van der Waals surface area contributed by atoms with Crippen LogP contribution in [0, 0.1) is 10.1 Å². The zero-order valence-electron chi connectivity index (χ0n) is 18.0. The average molecular weight is 437 g/mol. The van der Waals surface area contributed by atoms with Crippen molar-refractivity contribution in [2.24, 2.45) is 0 Å². The Labute approximate surface area is 184 Å². The summed E-state index contributed by atoms with van der Waals surface area (Å²) in [6.07, 6.45) is -0.601. The predicted molar refractivity (Wildman–Crippen MR) is 116 cm³/mol. The highest BCUT2D eigenvalue weighted by Gasteiger charge is 2.41. The van der Waals surface area contributed by atoms with Gasteiger partial charge in [-0.25, -0.2) is 4.79 Å². The number of nitro groups is 1. The minimum atomic E-state index is -0.896. The highest BCUT2D eigenvalue weighted by molar-refractivity contribution is 6.04. The second-order valence-electron chi connectivity index (χ2n) is 8.00. The van der Waals surface area contributed by atoms with Crippen LogP contribution >= 0.6 is 0 Å². The van der Waals surface area contributed by atoms with Crippen LogP contribution in [0.5, 0.6) is 5.75 Å². The van der Waals surface area contributed by atoms with E-state index >= 15 is 0 Å². The summed E-state index contributed by atoms with van der Waals surface area (Å²) in [4.78, 5) is 37.9. The number of nitrogens with one attached hydrogen (secondary N) is 1. The molecule has 2 aliphatic rings. The average Bonchev–Trinajstić information content (AvgIpc) is 3.07. The van der Waals surface area contributed by atoms with Gasteiger partial charge < -0.3 is 19.7 Å². The summed E-state index contributed by atoms with van der Waals surface area (Å²) in [7, 11) is 0. The Kier molecular flexibility index (Phi) is 5.33. The molecule has 0 saturated heterocycles. The van der Waals surface area contributed by atoms with Crippen molar-refractivity contribution < 1.29 is 24.0 Å². The van der Waals surface area contributed by atoms with Crippen LogP contribution in [0.1, 0.15) is 42.3 Å². The van der Waals surface area contributed by atoms with Crippen molar-refractivity contribution in [2.45, 2.75) is 32.9 Å². The lowest BCUT2D eigenvalue weighted by atomic mass is 9.88. The van der Waals surface area contributed by atoms with Gasteiger partial charge in [0.1, 0.15) is 11.4 Å². The number of nitrogens with zero attached hydrogens (tertiary/aromatic N) is 2. The number of hydrogen-bond donors (Lipinski definition) is 1. The molecular weight excluding hydrogens is 414 g/mol. The van der Waals surface area contributed by atoms with Gasteiger partial charge in [-0.3, -0.25) is 14.9 Å². The van der Waals surface area contributed by atoms with Crippen LogP contribution in [-0.2, 0) is 11.3 Å². The van der Waals surface area contributed by atoms with E-state index in [1.165, 1.54) is 12.1 Å². The number of nitro benzene ring substituents is 1. The SMILES string of the molecule is CCOC(=O)NCC1=C(N2Cc3ccccc3C2=O)c2cc([N+](=O)[O-])ccc2OC1(C)C. The van der Waals surface area contributed by atoms with Crippen molar-refractivity contribution in [3.63, 3.8) is 0 Å². The van der Waals surface area contributed by atoms with Crippen LogP contribution in [0.3, 0.4) is 0 Å². The van der Waals surface area contributed by atoms with Crippen LogP contribution in [-0.4, -0.2) is 40.6 Å². The predicted octanol–water partition coefficient (Wildman–Crippen LogP) is 3.88. The summed E-state index contributed by atoms with van der Waals surface area (Å²) in [5.41, 5.74) is 1.96. The maximum Gasteiger partial charge on any atom is 0.407 e. The van der Waals surface area contributed by atoms with Crippen molar-refractivity contribution in [1.82, 2.24) is 10.2 Å². The summed E-state index contributed by atoms with van der Waals surface area (Å²) in [5.74, 6) is 0.221. The van der Waals surface area contributed by atoms with E-state index in [1.807, 2.05) is 26.0 Å². The Morgan fingerprint density at radius 3 is 2.69 bits per heavy atom. The van der Waals surface area contributed by atoms with Crippen LogP contribution in [0.4, 0.5) is 10.5 Å². The highest BCUT2D eigenvalue weighted by atomic mass is 16.6. The van der Waals surface area contributed by atoms with Gasteiger partial charge in [0.15, 0.2) is 0 Å². The molecule has 2 heterocycles. The first-order chi connectivity index (χ1) is 15.2. The van der Waals surface area contributed by atoms with E-state index in [9.17, 15) is 19.7 Å². The van der Waals surface area contributed by atoms with Crippen LogP contribution in [0.15, 0.2) is 48.0 Å². The summed E-state index contributed by atoms with van der Waals surface area (Å²) < 4.78 is 11.1. The van der Waals surface area contributed by atoms with Crippen LogP contribution < -0.4 is 10.1 Å². The lowest BCUT2D eigenvalue weighted by molar-refractivity contribution is -0.384. The van der Waals surface area contributed by atoms with Gasteiger partial charge in [-0.15, -0.1) is 0 Å². The molecule has 0 aromatic heterocycles. The zero-order chi connectivity index (χ0) is 23.0. The third kappa shape index (κ3) is 3.66. The van der Waals surface area contributed by atoms with Crippen molar-refractivity contribution >= 4 is 23.4 Å². The second kappa shape index (κ2) is 7.99. The first kappa shape index (κ1) is 21.4. The molecular formula is C23H23N3O6. The van der Waals surface area contributed by atoms with Gasteiger partial charge in [-0.05, 0) is 38.5 Å². The van der Waals surface area contributed by atoms with Crippen molar-refractivity contribution in [1.29, 1.82) is 0 Å². The Bertz CT molecular complexity index is 1150. The van der Waals surface area contributed by atoms with Gasteiger partial charge in [0.2, 0.25) is 0 Å². The van der Waals surface area contributed by atoms with E-state index in [0.717, 1.165) is 5.56 Å². The first-order valence-electron chi connectivity index (χ1n) is 10.2. The second-order valence-corrected chi connectivity index (χ2v) is 8.00. The number of rotatable bonds is 5. The van der Waals surface area contributed by atoms with E-state index in [1.54, 1.807) is 30.0 Å². The fourth-order valence-corrected chi connectivity index (χ4v) is 4.07. The van der Waals surface area contributed by atoms with Gasteiger partial charge in [-0.1, -0.05) is 18.2 Å². The van der Waals surface area contributed by atoms with E-state index in [2.05, 4.69) is 5.32 Å². The fraction of sp³-hybridized carbons (Fsp3) is 0.304. The number of non-ortho nitro benzene ring substituents is 1. The van der Waals surface area contributed by atoms with Crippen molar-refractivity contribution in [3.05, 3.63) is 74.8 Å². The molecule has 2 aromatic carbocycles. The third-order valence-corrected chi connectivity index (χ3v) is 5.58. The Morgan fingerprint density at radius 2 is 2.00 bits per heavy atom. The number of alkyl carbamates (subject to hydrolysis) is 1. The molecule has 0 radical (unpaired) electrons. The molecule has 0 unspecified atom stereocenters. The number of benzene rings is 2. The Balaban J connectivity index is 1.88. The molecule has 2 amide bonds. The topological polar surface area (TPSA) is 111 Å². The normalized spacial score (nSPS) is 16.2. The molecule has 0 aliphatic carbocycles. The summed E-state index contributed by atoms with van der Waals surface area (Å²) >= 11 is 0. The van der Waals surface area contributed by atoms with Gasteiger partial charge in [0, 0.05) is 35.4 Å². The smallest absolute Gasteiger partial charge is 0.407 e. The van der Waals surface area contributed by atoms with Gasteiger partial charge >= 0.3 is 6.09 Å². The number of ether oxygens (including phenoxy) is 2. The molecule has 0 fully saturated rings. The molecule has 1 N–H and O–H groups in total. The molecule has 0 bridgehead atoms. The lowest BCUT2D eigenvalue weighted by Crippen LogP contribution is -2.43. The number of amides is 2. The quantitative estimate of drug-likeness (QED) is 0.561. The third-order valence-electron chi connectivity index (χ3n) is 5.58. The number of fused-ring (bicyclic) bond motifs is 2. The minimum Gasteiger partial charge on any atom is -0.483 e. The monoisotopic (exact) mass is 437 g/mol. The molecule has 2 aromatic rings. The Hall–Kier alpha value is -3.88. The molecule has 0 atom stereocenters. The molecule has 4 rings (SSSR count). The molecule has 166 valence electrons. The fourth-order valence-electron chi connectivity index (χ4n) is 4.07. The van der Waals surface area contributed by atoms with Crippen molar-refractivity contribution in [2.75, 3.05) is 13.2 Å². The number of hydrogen-bond acceptors (Lipinski definition) is 6. The van der Waals surface area contributed by atoms with Gasteiger partial charge in [0.25, 0.3) is 11.6 Å². The molecule has 9 heteroatoms. The summed E-state index contributed by atoms with van der Waals surface area (Å²) in [6, 6.07) is 11.6. The number of carbonyl (C=O) groups is 2. The Morgan fingerprint density at radius 1 is 1.25 bits per heavy atom. The van der Waals surface area contributed by atoms with Gasteiger partial charge in [0.05, 0.1) is 23.8 Å². The summed E-state index contributed by atoms with van der Waals surface area (Å²) in [6.45, 7) is 5.93. The summed E-state index contributed by atoms with van der Waals surface area (Å²) in [5, 5.41) is 14.1.